The monoisotopic (exact) mass is 291 g/mol. The van der Waals surface area contributed by atoms with Gasteiger partial charge in [-0.15, -0.1) is 0 Å². The van der Waals surface area contributed by atoms with Crippen molar-refractivity contribution in [3.05, 3.63) is 59.4 Å². The smallest absolute Gasteiger partial charge is 0.129 e. The maximum atomic E-state index is 13.8. The van der Waals surface area contributed by atoms with Gasteiger partial charge in [0.25, 0.3) is 0 Å². The van der Waals surface area contributed by atoms with Crippen LogP contribution in [0.4, 0.5) is 14.5 Å². The summed E-state index contributed by atoms with van der Waals surface area (Å²) in [4.78, 5) is 4.06. The number of nitrogens with two attached hydrogens (primary N) is 1. The third-order valence-corrected chi connectivity index (χ3v) is 3.38. The molecule has 0 radical (unpaired) electrons. The molecule has 0 aliphatic carbocycles. The number of hydrogen-bond donors (Lipinski definition) is 2. The van der Waals surface area contributed by atoms with Crippen LogP contribution < -0.4 is 11.1 Å². The average molecular weight is 291 g/mol. The number of hydrogen-bond acceptors (Lipinski definition) is 3. The summed E-state index contributed by atoms with van der Waals surface area (Å²) >= 11 is 0. The van der Waals surface area contributed by atoms with Crippen molar-refractivity contribution < 1.29 is 8.78 Å². The van der Waals surface area contributed by atoms with E-state index in [9.17, 15) is 8.78 Å². The molecule has 21 heavy (non-hydrogen) atoms. The molecule has 1 unspecified atom stereocenters. The Balaban J connectivity index is 2.14. The maximum absolute atomic E-state index is 13.8. The lowest BCUT2D eigenvalue weighted by Gasteiger charge is -2.19. The Labute approximate surface area is 123 Å². The van der Waals surface area contributed by atoms with E-state index in [-0.39, 0.29) is 6.04 Å². The molecule has 0 aliphatic heterocycles. The molecule has 1 atom stereocenters. The van der Waals surface area contributed by atoms with Gasteiger partial charge >= 0.3 is 0 Å². The van der Waals surface area contributed by atoms with Crippen LogP contribution in [0.1, 0.15) is 18.1 Å². The molecule has 2 rings (SSSR count). The highest BCUT2D eigenvalue weighted by Gasteiger charge is 2.14. The molecule has 0 bridgehead atoms. The van der Waals surface area contributed by atoms with Gasteiger partial charge in [0.05, 0.1) is 0 Å². The number of halogens is 2. The Morgan fingerprint density at radius 3 is 2.62 bits per heavy atom. The summed E-state index contributed by atoms with van der Waals surface area (Å²) < 4.78 is 26.7. The summed E-state index contributed by atoms with van der Waals surface area (Å²) in [7, 11) is 0. The second-order valence-corrected chi connectivity index (χ2v) is 4.97. The summed E-state index contributed by atoms with van der Waals surface area (Å²) in [6, 6.07) is 5.44. The van der Waals surface area contributed by atoms with Crippen LogP contribution in [-0.2, 0) is 12.8 Å². The van der Waals surface area contributed by atoms with Crippen LogP contribution in [0, 0.1) is 11.6 Å². The minimum absolute atomic E-state index is 0.0152. The molecule has 0 saturated carbocycles. The van der Waals surface area contributed by atoms with E-state index in [0.29, 0.717) is 24.1 Å². The average Bonchev–Trinajstić information content (AvgIpc) is 2.44. The van der Waals surface area contributed by atoms with Crippen molar-refractivity contribution in [3.63, 3.8) is 0 Å². The first kappa shape index (κ1) is 15.4. The molecular formula is C16H19F2N3. The molecule has 3 nitrogen and oxygen atoms in total. The topological polar surface area (TPSA) is 50.9 Å². The number of nitrogens with zero attached hydrogens (tertiary/aromatic N) is 1. The lowest BCUT2D eigenvalue weighted by Crippen LogP contribution is -2.33. The molecule has 1 aromatic heterocycles. The molecule has 2 aromatic rings. The highest BCUT2D eigenvalue weighted by molar-refractivity contribution is 5.44. The number of aromatic nitrogens is 1. The molecule has 0 aliphatic rings. The van der Waals surface area contributed by atoms with Crippen molar-refractivity contribution in [3.8, 4) is 0 Å². The van der Waals surface area contributed by atoms with Crippen LogP contribution in [0.3, 0.4) is 0 Å². The number of pyridine rings is 1. The fraction of sp³-hybridized carbons (Fsp3) is 0.312. The van der Waals surface area contributed by atoms with Gasteiger partial charge in [-0.2, -0.15) is 0 Å². The summed E-state index contributed by atoms with van der Waals surface area (Å²) in [5.74, 6) is -1.08. The van der Waals surface area contributed by atoms with E-state index in [1.165, 1.54) is 12.1 Å². The normalized spacial score (nSPS) is 12.3. The molecule has 0 amide bonds. The SMILES string of the molecule is CCNC(Cc1cnccc1N)Cc1ccc(F)cc1F. The van der Waals surface area contributed by atoms with E-state index in [4.69, 9.17) is 5.73 Å². The van der Waals surface area contributed by atoms with Gasteiger partial charge in [0, 0.05) is 30.2 Å². The predicted octanol–water partition coefficient (Wildman–Crippen LogP) is 2.71. The van der Waals surface area contributed by atoms with E-state index in [2.05, 4.69) is 10.3 Å². The summed E-state index contributed by atoms with van der Waals surface area (Å²) in [6.07, 6.45) is 4.47. The van der Waals surface area contributed by atoms with Crippen molar-refractivity contribution in [2.45, 2.75) is 25.8 Å². The Morgan fingerprint density at radius 1 is 1.19 bits per heavy atom. The maximum Gasteiger partial charge on any atom is 0.129 e. The van der Waals surface area contributed by atoms with E-state index < -0.39 is 11.6 Å². The predicted molar refractivity (Wildman–Crippen MR) is 79.9 cm³/mol. The van der Waals surface area contributed by atoms with Gasteiger partial charge in [0.15, 0.2) is 0 Å². The van der Waals surface area contributed by atoms with Gasteiger partial charge in [0.2, 0.25) is 0 Å². The molecule has 0 fully saturated rings. The van der Waals surface area contributed by atoms with Crippen molar-refractivity contribution in [1.82, 2.24) is 10.3 Å². The van der Waals surface area contributed by atoms with Gasteiger partial charge < -0.3 is 11.1 Å². The number of nitrogen functional groups attached to an aromatic ring is 1. The van der Waals surface area contributed by atoms with Crippen molar-refractivity contribution in [2.24, 2.45) is 0 Å². The summed E-state index contributed by atoms with van der Waals surface area (Å²) in [5.41, 5.74) is 8.00. The fourth-order valence-corrected chi connectivity index (χ4v) is 2.33. The third kappa shape index (κ3) is 4.23. The number of nitrogens with one attached hydrogen (secondary N) is 1. The summed E-state index contributed by atoms with van der Waals surface area (Å²) in [5, 5.41) is 3.30. The Morgan fingerprint density at radius 2 is 1.95 bits per heavy atom. The van der Waals surface area contributed by atoms with E-state index in [1.54, 1.807) is 18.5 Å². The van der Waals surface area contributed by atoms with Crippen LogP contribution in [0.5, 0.6) is 0 Å². The Bertz CT molecular complexity index is 602. The quantitative estimate of drug-likeness (QED) is 0.860. The van der Waals surface area contributed by atoms with Crippen molar-refractivity contribution in [2.75, 3.05) is 12.3 Å². The number of anilines is 1. The second kappa shape index (κ2) is 7.13. The molecule has 5 heteroatoms. The van der Waals surface area contributed by atoms with Gasteiger partial charge in [-0.1, -0.05) is 13.0 Å². The number of benzene rings is 1. The highest BCUT2D eigenvalue weighted by atomic mass is 19.1. The molecule has 1 aromatic carbocycles. The van der Waals surface area contributed by atoms with E-state index >= 15 is 0 Å². The molecule has 0 spiro atoms. The standard InChI is InChI=1S/C16H19F2N3/c1-2-21-14(8-12-10-20-6-5-16(12)19)7-11-3-4-13(17)9-15(11)18/h3-6,9-10,14,21H,2,7-8H2,1H3,(H2,19,20). The molecular weight excluding hydrogens is 272 g/mol. The van der Waals surface area contributed by atoms with Crippen LogP contribution in [0.2, 0.25) is 0 Å². The highest BCUT2D eigenvalue weighted by Crippen LogP contribution is 2.16. The van der Waals surface area contributed by atoms with Crippen LogP contribution in [-0.4, -0.2) is 17.6 Å². The van der Waals surface area contributed by atoms with Gasteiger partial charge in [-0.3, -0.25) is 4.98 Å². The number of rotatable bonds is 6. The minimum Gasteiger partial charge on any atom is -0.398 e. The summed E-state index contributed by atoms with van der Waals surface area (Å²) in [6.45, 7) is 2.74. The van der Waals surface area contributed by atoms with Crippen molar-refractivity contribution >= 4 is 5.69 Å². The second-order valence-electron chi connectivity index (χ2n) is 4.97. The first-order chi connectivity index (χ1) is 10.1. The Kier molecular flexibility index (Phi) is 5.22. The first-order valence-corrected chi connectivity index (χ1v) is 6.95. The van der Waals surface area contributed by atoms with Crippen molar-refractivity contribution in [1.29, 1.82) is 0 Å². The molecule has 3 N–H and O–H groups in total. The fourth-order valence-electron chi connectivity index (χ4n) is 2.33. The van der Waals surface area contributed by atoms with E-state index in [1.807, 2.05) is 6.92 Å². The zero-order chi connectivity index (χ0) is 15.2. The first-order valence-electron chi connectivity index (χ1n) is 6.95. The lowest BCUT2D eigenvalue weighted by atomic mass is 9.98. The minimum atomic E-state index is -0.562. The van der Waals surface area contributed by atoms with Crippen LogP contribution in [0.25, 0.3) is 0 Å². The number of likely N-dealkylation sites (N-methyl/N-ethyl adjacent to an activating group) is 1. The zero-order valence-electron chi connectivity index (χ0n) is 11.9. The Hall–Kier alpha value is -2.01. The molecule has 1 heterocycles. The molecule has 0 saturated heterocycles. The third-order valence-electron chi connectivity index (χ3n) is 3.38. The zero-order valence-corrected chi connectivity index (χ0v) is 11.9. The van der Waals surface area contributed by atoms with E-state index in [0.717, 1.165) is 18.2 Å². The molecule has 112 valence electrons. The lowest BCUT2D eigenvalue weighted by molar-refractivity contribution is 0.502. The van der Waals surface area contributed by atoms with Crippen LogP contribution >= 0.6 is 0 Å². The van der Waals surface area contributed by atoms with Gasteiger partial charge in [-0.05, 0) is 42.6 Å². The van der Waals surface area contributed by atoms with Gasteiger partial charge in [0.1, 0.15) is 11.6 Å². The van der Waals surface area contributed by atoms with Gasteiger partial charge in [-0.25, -0.2) is 8.78 Å². The van der Waals surface area contributed by atoms with Crippen LogP contribution in [0.15, 0.2) is 36.7 Å². The largest absolute Gasteiger partial charge is 0.398 e.